The van der Waals surface area contributed by atoms with Crippen molar-refractivity contribution in [2.45, 2.75) is 39.3 Å². The van der Waals surface area contributed by atoms with E-state index in [0.717, 1.165) is 48.3 Å². The highest BCUT2D eigenvalue weighted by atomic mass is 19.1. The molecule has 0 N–H and O–H groups in total. The number of halogens is 1. The smallest absolute Gasteiger partial charge is 0.226 e. The maximum atomic E-state index is 13.6. The molecule has 0 bridgehead atoms. The van der Waals surface area contributed by atoms with Gasteiger partial charge in [0, 0.05) is 18.2 Å². The third-order valence-electron chi connectivity index (χ3n) is 5.13. The van der Waals surface area contributed by atoms with Crippen molar-refractivity contribution in [1.82, 2.24) is 9.88 Å². The summed E-state index contributed by atoms with van der Waals surface area (Å²) in [6.45, 7) is 5.87. The normalized spacial score (nSPS) is 17.7. The van der Waals surface area contributed by atoms with Gasteiger partial charge >= 0.3 is 0 Å². The Morgan fingerprint density at radius 3 is 2.88 bits per heavy atom. The van der Waals surface area contributed by atoms with Gasteiger partial charge in [-0.05, 0) is 62.6 Å². The molecule has 3 nitrogen and oxygen atoms in total. The first kappa shape index (κ1) is 17.0. The van der Waals surface area contributed by atoms with Crippen LogP contribution in [0.2, 0.25) is 0 Å². The molecule has 0 radical (unpaired) electrons. The van der Waals surface area contributed by atoms with E-state index in [4.69, 9.17) is 9.40 Å². The van der Waals surface area contributed by atoms with Crippen LogP contribution in [0.3, 0.4) is 0 Å². The second-order valence-electron chi connectivity index (χ2n) is 7.15. The standard InChI is InChI=1S/C22H23FN2O/c1-15-8-9-20(16(2)11-15)22-24-19(14-26-22)13-25-10-4-7-21(25)17-5-3-6-18(23)12-17/h3,5-6,8-9,11-12,14,21H,4,7,10,13H2,1-2H3. The number of likely N-dealkylation sites (tertiary alicyclic amines) is 1. The maximum absolute atomic E-state index is 13.6. The van der Waals surface area contributed by atoms with E-state index in [0.29, 0.717) is 5.89 Å². The van der Waals surface area contributed by atoms with Crippen LogP contribution in [0, 0.1) is 19.7 Å². The Labute approximate surface area is 153 Å². The van der Waals surface area contributed by atoms with Gasteiger partial charge in [0.25, 0.3) is 0 Å². The topological polar surface area (TPSA) is 29.3 Å². The summed E-state index contributed by atoms with van der Waals surface area (Å²) in [5.41, 5.74) is 5.39. The third-order valence-corrected chi connectivity index (χ3v) is 5.13. The summed E-state index contributed by atoms with van der Waals surface area (Å²) >= 11 is 0. The van der Waals surface area contributed by atoms with Gasteiger partial charge in [-0.25, -0.2) is 9.37 Å². The van der Waals surface area contributed by atoms with Crippen molar-refractivity contribution in [3.63, 3.8) is 0 Å². The molecule has 1 atom stereocenters. The van der Waals surface area contributed by atoms with Crippen LogP contribution in [-0.2, 0) is 6.54 Å². The summed E-state index contributed by atoms with van der Waals surface area (Å²) in [5.74, 6) is 0.493. The predicted molar refractivity (Wildman–Crippen MR) is 100 cm³/mol. The number of benzene rings is 2. The lowest BCUT2D eigenvalue weighted by Crippen LogP contribution is -2.23. The Morgan fingerprint density at radius 2 is 2.08 bits per heavy atom. The zero-order valence-corrected chi connectivity index (χ0v) is 15.2. The highest BCUT2D eigenvalue weighted by Gasteiger charge is 2.27. The molecule has 134 valence electrons. The Bertz CT molecular complexity index is 918. The Morgan fingerprint density at radius 1 is 1.19 bits per heavy atom. The van der Waals surface area contributed by atoms with E-state index in [1.54, 1.807) is 18.4 Å². The van der Waals surface area contributed by atoms with Gasteiger partial charge in [-0.3, -0.25) is 4.90 Å². The first-order valence-electron chi connectivity index (χ1n) is 9.12. The van der Waals surface area contributed by atoms with Crippen LogP contribution in [0.25, 0.3) is 11.5 Å². The van der Waals surface area contributed by atoms with Crippen molar-refractivity contribution in [2.24, 2.45) is 0 Å². The molecule has 1 aliphatic rings. The molecular formula is C22H23FN2O. The van der Waals surface area contributed by atoms with Crippen LogP contribution < -0.4 is 0 Å². The van der Waals surface area contributed by atoms with Crippen LogP contribution in [0.4, 0.5) is 4.39 Å². The molecule has 0 aliphatic carbocycles. The fraction of sp³-hybridized carbons (Fsp3) is 0.318. The van der Waals surface area contributed by atoms with Gasteiger partial charge in [-0.2, -0.15) is 0 Å². The number of hydrogen-bond acceptors (Lipinski definition) is 3. The van der Waals surface area contributed by atoms with Crippen LogP contribution >= 0.6 is 0 Å². The number of aromatic nitrogens is 1. The first-order chi connectivity index (χ1) is 12.6. The summed E-state index contributed by atoms with van der Waals surface area (Å²) in [5, 5.41) is 0. The molecule has 1 fully saturated rings. The maximum Gasteiger partial charge on any atom is 0.226 e. The van der Waals surface area contributed by atoms with Gasteiger partial charge in [0.15, 0.2) is 0 Å². The molecule has 4 heteroatoms. The molecule has 0 amide bonds. The molecule has 1 aliphatic heterocycles. The van der Waals surface area contributed by atoms with Crippen molar-refractivity contribution in [3.05, 3.63) is 76.9 Å². The molecule has 1 saturated heterocycles. The molecule has 3 aromatic rings. The second kappa shape index (κ2) is 7.04. The molecule has 26 heavy (non-hydrogen) atoms. The van der Waals surface area contributed by atoms with E-state index < -0.39 is 0 Å². The van der Waals surface area contributed by atoms with E-state index in [9.17, 15) is 4.39 Å². The Hall–Kier alpha value is -2.46. The molecule has 2 aromatic carbocycles. The number of nitrogens with zero attached hydrogens (tertiary/aromatic N) is 2. The van der Waals surface area contributed by atoms with Crippen molar-refractivity contribution in [2.75, 3.05) is 6.54 Å². The molecule has 1 unspecified atom stereocenters. The fourth-order valence-electron chi connectivity index (χ4n) is 3.87. The summed E-state index contributed by atoms with van der Waals surface area (Å²) < 4.78 is 19.3. The van der Waals surface area contributed by atoms with Crippen molar-refractivity contribution in [1.29, 1.82) is 0 Å². The van der Waals surface area contributed by atoms with E-state index >= 15 is 0 Å². The van der Waals surface area contributed by atoms with Crippen LogP contribution in [0.1, 0.15) is 41.3 Å². The minimum Gasteiger partial charge on any atom is -0.444 e. The monoisotopic (exact) mass is 350 g/mol. The van der Waals surface area contributed by atoms with Gasteiger partial charge in [0.1, 0.15) is 12.1 Å². The average Bonchev–Trinajstić information content (AvgIpc) is 3.25. The quantitative estimate of drug-likeness (QED) is 0.628. The molecule has 4 rings (SSSR count). The molecule has 1 aromatic heterocycles. The Kier molecular flexibility index (Phi) is 4.60. The second-order valence-corrected chi connectivity index (χ2v) is 7.15. The highest BCUT2D eigenvalue weighted by molar-refractivity contribution is 5.59. The minimum atomic E-state index is -0.173. The lowest BCUT2D eigenvalue weighted by molar-refractivity contribution is 0.245. The SMILES string of the molecule is Cc1ccc(-c2nc(CN3CCCC3c3cccc(F)c3)co2)c(C)c1. The van der Waals surface area contributed by atoms with Gasteiger partial charge in [0.2, 0.25) is 5.89 Å². The lowest BCUT2D eigenvalue weighted by Gasteiger charge is -2.23. The van der Waals surface area contributed by atoms with E-state index in [1.807, 2.05) is 6.07 Å². The lowest BCUT2D eigenvalue weighted by atomic mass is 10.0. The molecule has 0 spiro atoms. The van der Waals surface area contributed by atoms with Crippen molar-refractivity contribution < 1.29 is 8.81 Å². The van der Waals surface area contributed by atoms with Crippen molar-refractivity contribution in [3.8, 4) is 11.5 Å². The molecule has 0 saturated carbocycles. The van der Waals surface area contributed by atoms with Crippen molar-refractivity contribution >= 4 is 0 Å². The zero-order valence-electron chi connectivity index (χ0n) is 15.2. The van der Waals surface area contributed by atoms with Gasteiger partial charge < -0.3 is 4.42 Å². The third kappa shape index (κ3) is 3.42. The van der Waals surface area contributed by atoms with E-state index in [2.05, 4.69) is 36.9 Å². The number of rotatable bonds is 4. The summed E-state index contributed by atoms with van der Waals surface area (Å²) in [6, 6.07) is 13.5. The van der Waals surface area contributed by atoms with Crippen LogP contribution in [0.5, 0.6) is 0 Å². The summed E-state index contributed by atoms with van der Waals surface area (Å²) in [6.07, 6.45) is 3.91. The Balaban J connectivity index is 1.53. The fourth-order valence-corrected chi connectivity index (χ4v) is 3.87. The van der Waals surface area contributed by atoms with Crippen LogP contribution in [-0.4, -0.2) is 16.4 Å². The minimum absolute atomic E-state index is 0.173. The number of hydrogen-bond donors (Lipinski definition) is 0. The van der Waals surface area contributed by atoms with Crippen LogP contribution in [0.15, 0.2) is 53.1 Å². The van der Waals surface area contributed by atoms with E-state index in [1.165, 1.54) is 11.6 Å². The zero-order chi connectivity index (χ0) is 18.1. The van der Waals surface area contributed by atoms with Gasteiger partial charge in [0.05, 0.1) is 5.69 Å². The van der Waals surface area contributed by atoms with Gasteiger partial charge in [-0.15, -0.1) is 0 Å². The first-order valence-corrected chi connectivity index (χ1v) is 9.12. The largest absolute Gasteiger partial charge is 0.444 e. The summed E-state index contributed by atoms with van der Waals surface area (Å²) in [7, 11) is 0. The average molecular weight is 350 g/mol. The highest BCUT2D eigenvalue weighted by Crippen LogP contribution is 2.33. The van der Waals surface area contributed by atoms with Gasteiger partial charge in [-0.1, -0.05) is 29.8 Å². The predicted octanol–water partition coefficient (Wildman–Crippen LogP) is 5.43. The molecule has 2 heterocycles. The number of aryl methyl sites for hydroxylation is 2. The molecular weight excluding hydrogens is 327 g/mol. The summed E-state index contributed by atoms with van der Waals surface area (Å²) in [4.78, 5) is 7.06. The number of oxazole rings is 1. The van der Waals surface area contributed by atoms with E-state index in [-0.39, 0.29) is 11.9 Å².